The highest BCUT2D eigenvalue weighted by Gasteiger charge is 2.30. The lowest BCUT2D eigenvalue weighted by Crippen LogP contribution is -2.04. The van der Waals surface area contributed by atoms with Crippen molar-refractivity contribution < 1.29 is 18.3 Å². The second kappa shape index (κ2) is 4.69. The summed E-state index contributed by atoms with van der Waals surface area (Å²) in [4.78, 5) is 0. The van der Waals surface area contributed by atoms with Gasteiger partial charge in [0.1, 0.15) is 6.61 Å². The smallest absolute Gasteiger partial charge is 0.384 e. The Morgan fingerprint density at radius 3 is 2.47 bits per heavy atom. The molecule has 1 aromatic rings. The molecule has 0 spiro atoms. The van der Waals surface area contributed by atoms with Gasteiger partial charge in [-0.25, -0.2) is 0 Å². The molecule has 0 saturated carbocycles. The van der Waals surface area contributed by atoms with E-state index < -0.39 is 11.7 Å². The fourth-order valence-corrected chi connectivity index (χ4v) is 1.41. The number of halogens is 4. The van der Waals surface area contributed by atoms with E-state index in [0.717, 1.165) is 12.1 Å². The van der Waals surface area contributed by atoms with E-state index in [0.29, 0.717) is 5.56 Å². The number of rotatable bonds is 0. The van der Waals surface area contributed by atoms with Crippen LogP contribution >= 0.6 is 15.9 Å². The first-order valence-electron chi connectivity index (χ1n) is 3.91. The van der Waals surface area contributed by atoms with Crippen molar-refractivity contribution in [3.8, 4) is 11.8 Å². The lowest BCUT2D eigenvalue weighted by molar-refractivity contribution is -0.137. The molecule has 0 amide bonds. The summed E-state index contributed by atoms with van der Waals surface area (Å²) in [5.74, 6) is 4.88. The Labute approximate surface area is 93.0 Å². The van der Waals surface area contributed by atoms with E-state index in [-0.39, 0.29) is 11.1 Å². The Morgan fingerprint density at radius 2 is 2.00 bits per heavy atom. The molecule has 5 heteroatoms. The minimum atomic E-state index is -4.36. The number of aliphatic hydroxyl groups excluding tert-OH is 1. The molecular formula is C10H6BrF3O. The van der Waals surface area contributed by atoms with Gasteiger partial charge in [-0.15, -0.1) is 0 Å². The Bertz CT molecular complexity index is 415. The Kier molecular flexibility index (Phi) is 3.77. The summed E-state index contributed by atoms with van der Waals surface area (Å²) in [6.45, 7) is -0.326. The largest absolute Gasteiger partial charge is 0.416 e. The fraction of sp³-hybridized carbons (Fsp3) is 0.200. The van der Waals surface area contributed by atoms with Crippen LogP contribution in [0.4, 0.5) is 13.2 Å². The molecule has 0 aliphatic rings. The van der Waals surface area contributed by atoms with Crippen molar-refractivity contribution in [1.82, 2.24) is 0 Å². The van der Waals surface area contributed by atoms with Gasteiger partial charge < -0.3 is 5.11 Å². The maximum absolute atomic E-state index is 12.3. The van der Waals surface area contributed by atoms with Crippen LogP contribution in [0.5, 0.6) is 0 Å². The monoisotopic (exact) mass is 278 g/mol. The summed E-state index contributed by atoms with van der Waals surface area (Å²) in [5.41, 5.74) is -0.319. The molecule has 0 bridgehead atoms. The van der Waals surface area contributed by atoms with E-state index in [1.54, 1.807) is 0 Å². The lowest BCUT2D eigenvalue weighted by Gasteiger charge is -2.07. The fourth-order valence-electron chi connectivity index (χ4n) is 0.928. The molecular weight excluding hydrogens is 273 g/mol. The van der Waals surface area contributed by atoms with Crippen LogP contribution in [0.2, 0.25) is 0 Å². The van der Waals surface area contributed by atoms with Crippen LogP contribution in [0.25, 0.3) is 0 Å². The summed E-state index contributed by atoms with van der Waals surface area (Å²) in [6.07, 6.45) is -4.36. The predicted molar refractivity (Wildman–Crippen MR) is 53.1 cm³/mol. The standard InChI is InChI=1S/C10H6BrF3O/c11-9-6-8(10(12,13)14)4-3-7(9)2-1-5-15/h3-4,6,15H,5H2. The van der Waals surface area contributed by atoms with Crippen LogP contribution in [0.15, 0.2) is 22.7 Å². The third-order valence-corrected chi connectivity index (χ3v) is 2.25. The SMILES string of the molecule is OCC#Cc1ccc(C(F)(F)F)cc1Br. The molecule has 0 atom stereocenters. The van der Waals surface area contributed by atoms with Crippen molar-refractivity contribution in [3.63, 3.8) is 0 Å². The molecule has 15 heavy (non-hydrogen) atoms. The van der Waals surface area contributed by atoms with E-state index in [2.05, 4.69) is 27.8 Å². The summed E-state index contributed by atoms with van der Waals surface area (Å²) in [6, 6.07) is 3.17. The third-order valence-electron chi connectivity index (χ3n) is 1.60. The average molecular weight is 279 g/mol. The minimum Gasteiger partial charge on any atom is -0.384 e. The highest BCUT2D eigenvalue weighted by atomic mass is 79.9. The highest BCUT2D eigenvalue weighted by Crippen LogP contribution is 2.31. The predicted octanol–water partition coefficient (Wildman–Crippen LogP) is 2.81. The number of hydrogen-bond donors (Lipinski definition) is 1. The first-order chi connectivity index (χ1) is 6.95. The van der Waals surface area contributed by atoms with Gasteiger partial charge in [0.25, 0.3) is 0 Å². The van der Waals surface area contributed by atoms with Crippen LogP contribution in [0.1, 0.15) is 11.1 Å². The first kappa shape index (κ1) is 12.1. The van der Waals surface area contributed by atoms with Crippen molar-refractivity contribution in [2.75, 3.05) is 6.61 Å². The van der Waals surface area contributed by atoms with Gasteiger partial charge in [-0.3, -0.25) is 0 Å². The molecule has 0 saturated heterocycles. The minimum absolute atomic E-state index is 0.262. The second-order valence-electron chi connectivity index (χ2n) is 2.65. The third kappa shape index (κ3) is 3.26. The maximum atomic E-state index is 12.3. The van der Waals surface area contributed by atoms with Crippen molar-refractivity contribution in [3.05, 3.63) is 33.8 Å². The van der Waals surface area contributed by atoms with Gasteiger partial charge in [-0.1, -0.05) is 11.8 Å². The van der Waals surface area contributed by atoms with E-state index in [1.807, 2.05) is 0 Å². The van der Waals surface area contributed by atoms with Crippen LogP contribution in [0, 0.1) is 11.8 Å². The van der Waals surface area contributed by atoms with Crippen molar-refractivity contribution >= 4 is 15.9 Å². The normalized spacial score (nSPS) is 10.7. The summed E-state index contributed by atoms with van der Waals surface area (Å²) in [7, 11) is 0. The van der Waals surface area contributed by atoms with Gasteiger partial charge in [0, 0.05) is 10.0 Å². The number of alkyl halides is 3. The Hall–Kier alpha value is -0.990. The van der Waals surface area contributed by atoms with Crippen LogP contribution < -0.4 is 0 Å². The van der Waals surface area contributed by atoms with Gasteiger partial charge in [-0.05, 0) is 34.1 Å². The Balaban J connectivity index is 3.09. The first-order valence-corrected chi connectivity index (χ1v) is 4.71. The zero-order chi connectivity index (χ0) is 11.5. The van der Waals surface area contributed by atoms with Crippen LogP contribution in [-0.2, 0) is 6.18 Å². The van der Waals surface area contributed by atoms with E-state index >= 15 is 0 Å². The topological polar surface area (TPSA) is 20.2 Å². The molecule has 1 aromatic carbocycles. The molecule has 1 N–H and O–H groups in total. The van der Waals surface area contributed by atoms with E-state index in [1.165, 1.54) is 6.07 Å². The number of benzene rings is 1. The Morgan fingerprint density at radius 1 is 1.33 bits per heavy atom. The van der Waals surface area contributed by atoms with Crippen molar-refractivity contribution in [2.45, 2.75) is 6.18 Å². The van der Waals surface area contributed by atoms with Crippen molar-refractivity contribution in [1.29, 1.82) is 0 Å². The summed E-state index contributed by atoms with van der Waals surface area (Å²) >= 11 is 2.99. The van der Waals surface area contributed by atoms with Crippen molar-refractivity contribution in [2.24, 2.45) is 0 Å². The van der Waals surface area contributed by atoms with Gasteiger partial charge in [0.15, 0.2) is 0 Å². The van der Waals surface area contributed by atoms with Gasteiger partial charge >= 0.3 is 6.18 Å². The summed E-state index contributed by atoms with van der Waals surface area (Å²) in [5, 5.41) is 8.43. The molecule has 0 radical (unpaired) electrons. The molecule has 1 rings (SSSR count). The molecule has 1 nitrogen and oxygen atoms in total. The zero-order valence-corrected chi connectivity index (χ0v) is 8.98. The van der Waals surface area contributed by atoms with Gasteiger partial charge in [0.2, 0.25) is 0 Å². The quantitative estimate of drug-likeness (QED) is 0.724. The second-order valence-corrected chi connectivity index (χ2v) is 3.51. The van der Waals surface area contributed by atoms with Crippen LogP contribution in [-0.4, -0.2) is 11.7 Å². The average Bonchev–Trinajstić information content (AvgIpc) is 2.14. The lowest BCUT2D eigenvalue weighted by atomic mass is 10.1. The number of hydrogen-bond acceptors (Lipinski definition) is 1. The zero-order valence-electron chi connectivity index (χ0n) is 7.40. The molecule has 0 heterocycles. The van der Waals surface area contributed by atoms with Crippen LogP contribution in [0.3, 0.4) is 0 Å². The molecule has 0 fully saturated rings. The summed E-state index contributed by atoms with van der Waals surface area (Å²) < 4.78 is 37.0. The molecule has 0 unspecified atom stereocenters. The van der Waals surface area contributed by atoms with Gasteiger partial charge in [0.05, 0.1) is 5.56 Å². The highest BCUT2D eigenvalue weighted by molar-refractivity contribution is 9.10. The maximum Gasteiger partial charge on any atom is 0.416 e. The molecule has 0 aliphatic carbocycles. The molecule has 80 valence electrons. The van der Waals surface area contributed by atoms with E-state index in [4.69, 9.17) is 5.11 Å². The molecule has 0 aromatic heterocycles. The van der Waals surface area contributed by atoms with Gasteiger partial charge in [-0.2, -0.15) is 13.2 Å². The molecule has 0 aliphatic heterocycles. The van der Waals surface area contributed by atoms with E-state index in [9.17, 15) is 13.2 Å². The number of aliphatic hydroxyl groups is 1.